The van der Waals surface area contributed by atoms with E-state index in [0.717, 1.165) is 12.1 Å². The van der Waals surface area contributed by atoms with Crippen LogP contribution in [0.4, 0.5) is 13.2 Å². The number of imidazole rings is 1. The Morgan fingerprint density at radius 1 is 1.05 bits per heavy atom. The summed E-state index contributed by atoms with van der Waals surface area (Å²) in [5.74, 6) is 0.218. The fraction of sp³-hybridized carbons (Fsp3) is 0.133. The summed E-state index contributed by atoms with van der Waals surface area (Å²) < 4.78 is 38.0. The number of hydrogen-bond donors (Lipinski definition) is 2. The molecule has 0 aliphatic heterocycles. The minimum Gasteiger partial charge on any atom is -0.380 e. The number of benzene rings is 2. The average molecular weight is 292 g/mol. The van der Waals surface area contributed by atoms with Crippen LogP contribution in [-0.2, 0) is 6.18 Å². The molecule has 21 heavy (non-hydrogen) atoms. The Morgan fingerprint density at radius 3 is 2.43 bits per heavy atom. The van der Waals surface area contributed by atoms with E-state index in [1.165, 1.54) is 6.07 Å². The zero-order valence-corrected chi connectivity index (χ0v) is 10.7. The third-order valence-electron chi connectivity index (χ3n) is 3.20. The number of hydrogen-bond acceptors (Lipinski definition) is 2. The molecule has 0 bridgehead atoms. The van der Waals surface area contributed by atoms with Gasteiger partial charge in [-0.25, -0.2) is 4.98 Å². The molecule has 1 atom stereocenters. The number of H-pyrrole nitrogens is 1. The van der Waals surface area contributed by atoms with Crippen LogP contribution in [0.2, 0.25) is 0 Å². The van der Waals surface area contributed by atoms with Crippen LogP contribution in [0.15, 0.2) is 48.5 Å². The molecule has 3 nitrogen and oxygen atoms in total. The Kier molecular flexibility index (Phi) is 3.17. The van der Waals surface area contributed by atoms with Gasteiger partial charge in [-0.05, 0) is 23.8 Å². The first kappa shape index (κ1) is 13.6. The van der Waals surface area contributed by atoms with Gasteiger partial charge < -0.3 is 10.1 Å². The van der Waals surface area contributed by atoms with Crippen molar-refractivity contribution >= 4 is 11.0 Å². The summed E-state index contributed by atoms with van der Waals surface area (Å²) >= 11 is 0. The molecule has 6 heteroatoms. The van der Waals surface area contributed by atoms with Gasteiger partial charge in [-0.1, -0.05) is 30.3 Å². The number of nitrogens with zero attached hydrogens (tertiary/aromatic N) is 1. The summed E-state index contributed by atoms with van der Waals surface area (Å²) in [5, 5.41) is 10.2. The second-order valence-corrected chi connectivity index (χ2v) is 4.66. The number of fused-ring (bicyclic) bond motifs is 1. The molecule has 0 spiro atoms. The molecule has 2 N–H and O–H groups in total. The van der Waals surface area contributed by atoms with Crippen molar-refractivity contribution in [3.8, 4) is 0 Å². The van der Waals surface area contributed by atoms with Crippen LogP contribution in [0.25, 0.3) is 11.0 Å². The van der Waals surface area contributed by atoms with Crippen molar-refractivity contribution in [3.63, 3.8) is 0 Å². The molecule has 2 aromatic carbocycles. The van der Waals surface area contributed by atoms with Gasteiger partial charge in [0.15, 0.2) is 0 Å². The number of aromatic nitrogens is 2. The first-order valence-corrected chi connectivity index (χ1v) is 6.25. The van der Waals surface area contributed by atoms with Crippen LogP contribution in [-0.4, -0.2) is 15.1 Å². The molecule has 0 aliphatic rings. The summed E-state index contributed by atoms with van der Waals surface area (Å²) in [5.41, 5.74) is 0.495. The highest BCUT2D eigenvalue weighted by atomic mass is 19.4. The van der Waals surface area contributed by atoms with Gasteiger partial charge in [-0.15, -0.1) is 0 Å². The lowest BCUT2D eigenvalue weighted by molar-refractivity contribution is -0.137. The Morgan fingerprint density at radius 2 is 1.76 bits per heavy atom. The summed E-state index contributed by atoms with van der Waals surface area (Å²) in [7, 11) is 0. The maximum absolute atomic E-state index is 12.7. The molecule has 0 aliphatic carbocycles. The maximum atomic E-state index is 12.7. The van der Waals surface area contributed by atoms with Gasteiger partial charge in [-0.3, -0.25) is 0 Å². The molecule has 108 valence electrons. The molecule has 0 amide bonds. The zero-order chi connectivity index (χ0) is 15.0. The molecule has 0 saturated heterocycles. The average Bonchev–Trinajstić information content (AvgIpc) is 2.89. The van der Waals surface area contributed by atoms with Crippen molar-refractivity contribution in [1.29, 1.82) is 0 Å². The molecule has 0 fully saturated rings. The fourth-order valence-electron chi connectivity index (χ4n) is 2.13. The number of alkyl halides is 3. The first-order chi connectivity index (χ1) is 9.95. The van der Waals surface area contributed by atoms with Crippen molar-refractivity contribution in [1.82, 2.24) is 9.97 Å². The second kappa shape index (κ2) is 4.89. The monoisotopic (exact) mass is 292 g/mol. The van der Waals surface area contributed by atoms with E-state index in [1.807, 2.05) is 6.07 Å². The number of rotatable bonds is 2. The lowest BCUT2D eigenvalue weighted by Gasteiger charge is -2.07. The van der Waals surface area contributed by atoms with E-state index in [1.54, 1.807) is 24.3 Å². The summed E-state index contributed by atoms with van der Waals surface area (Å²) in [4.78, 5) is 6.88. The molecular formula is C15H11F3N2O. The van der Waals surface area contributed by atoms with E-state index >= 15 is 0 Å². The van der Waals surface area contributed by atoms with Crippen LogP contribution in [0.5, 0.6) is 0 Å². The third-order valence-corrected chi connectivity index (χ3v) is 3.20. The van der Waals surface area contributed by atoms with Crippen LogP contribution >= 0.6 is 0 Å². The van der Waals surface area contributed by atoms with Gasteiger partial charge in [-0.2, -0.15) is 13.2 Å². The first-order valence-electron chi connectivity index (χ1n) is 6.25. The van der Waals surface area contributed by atoms with Crippen molar-refractivity contribution < 1.29 is 18.3 Å². The van der Waals surface area contributed by atoms with E-state index in [4.69, 9.17) is 0 Å². The van der Waals surface area contributed by atoms with E-state index < -0.39 is 17.8 Å². The number of nitrogens with one attached hydrogen (secondary N) is 1. The van der Waals surface area contributed by atoms with Gasteiger partial charge in [0.1, 0.15) is 11.9 Å². The van der Waals surface area contributed by atoms with E-state index in [9.17, 15) is 18.3 Å². The lowest BCUT2D eigenvalue weighted by Crippen LogP contribution is -2.04. The minimum absolute atomic E-state index is 0.218. The van der Waals surface area contributed by atoms with Crippen LogP contribution < -0.4 is 0 Å². The van der Waals surface area contributed by atoms with Crippen molar-refractivity contribution in [2.24, 2.45) is 0 Å². The molecule has 3 aromatic rings. The highest BCUT2D eigenvalue weighted by Crippen LogP contribution is 2.31. The molecule has 0 radical (unpaired) electrons. The van der Waals surface area contributed by atoms with E-state index in [2.05, 4.69) is 9.97 Å². The number of aliphatic hydroxyl groups is 1. The normalized spacial score (nSPS) is 13.5. The fourth-order valence-corrected chi connectivity index (χ4v) is 2.13. The quantitative estimate of drug-likeness (QED) is 0.757. The van der Waals surface area contributed by atoms with Gasteiger partial charge in [0.05, 0.1) is 16.6 Å². The lowest BCUT2D eigenvalue weighted by atomic mass is 10.1. The number of aromatic amines is 1. The Bertz CT molecular complexity index is 765. The van der Waals surface area contributed by atoms with Gasteiger partial charge in [0.25, 0.3) is 0 Å². The third kappa shape index (κ3) is 2.62. The second-order valence-electron chi connectivity index (χ2n) is 4.66. The molecule has 1 unspecified atom stereocenters. The SMILES string of the molecule is OC(c1ccccc1)c1nc2ccc(C(F)(F)F)cc2[nH]1. The van der Waals surface area contributed by atoms with E-state index in [-0.39, 0.29) is 11.3 Å². The molecular weight excluding hydrogens is 281 g/mol. The maximum Gasteiger partial charge on any atom is 0.416 e. The molecule has 1 aromatic heterocycles. The Labute approximate surface area is 118 Å². The highest BCUT2D eigenvalue weighted by Gasteiger charge is 2.30. The Balaban J connectivity index is 2.02. The Hall–Kier alpha value is -2.34. The minimum atomic E-state index is -4.41. The predicted molar refractivity (Wildman–Crippen MR) is 71.6 cm³/mol. The predicted octanol–water partition coefficient (Wildman–Crippen LogP) is 3.66. The summed E-state index contributed by atoms with van der Waals surface area (Å²) in [6.07, 6.45) is -5.41. The zero-order valence-electron chi connectivity index (χ0n) is 10.7. The van der Waals surface area contributed by atoms with Crippen molar-refractivity contribution in [2.75, 3.05) is 0 Å². The van der Waals surface area contributed by atoms with Crippen LogP contribution in [0.3, 0.4) is 0 Å². The molecule has 0 saturated carbocycles. The summed E-state index contributed by atoms with van der Waals surface area (Å²) in [6, 6.07) is 12.0. The molecule has 3 rings (SSSR count). The topological polar surface area (TPSA) is 48.9 Å². The largest absolute Gasteiger partial charge is 0.416 e. The smallest absolute Gasteiger partial charge is 0.380 e. The molecule has 1 heterocycles. The van der Waals surface area contributed by atoms with Crippen molar-refractivity contribution in [2.45, 2.75) is 12.3 Å². The van der Waals surface area contributed by atoms with Gasteiger partial charge in [0.2, 0.25) is 0 Å². The van der Waals surface area contributed by atoms with Gasteiger partial charge in [0, 0.05) is 0 Å². The number of aliphatic hydroxyl groups excluding tert-OH is 1. The van der Waals surface area contributed by atoms with Crippen molar-refractivity contribution in [3.05, 3.63) is 65.5 Å². The van der Waals surface area contributed by atoms with Gasteiger partial charge >= 0.3 is 6.18 Å². The van der Waals surface area contributed by atoms with E-state index in [0.29, 0.717) is 11.1 Å². The standard InChI is InChI=1S/C15H11F3N2O/c16-15(17,18)10-6-7-11-12(8-10)20-14(19-11)13(21)9-4-2-1-3-5-9/h1-8,13,21H,(H,19,20). The van der Waals surface area contributed by atoms with Crippen LogP contribution in [0.1, 0.15) is 23.1 Å². The summed E-state index contributed by atoms with van der Waals surface area (Å²) in [6.45, 7) is 0. The number of halogens is 3. The van der Waals surface area contributed by atoms with Crippen LogP contribution in [0, 0.1) is 0 Å². The highest BCUT2D eigenvalue weighted by molar-refractivity contribution is 5.76.